The van der Waals surface area contributed by atoms with Crippen LogP contribution in [0.4, 0.5) is 0 Å². The smallest absolute Gasteiger partial charge is 0.0717 e. The van der Waals surface area contributed by atoms with E-state index in [1.807, 2.05) is 47.0 Å². The fourth-order valence-electron chi connectivity index (χ4n) is 2.99. The minimum atomic E-state index is 0.976. The van der Waals surface area contributed by atoms with Crippen LogP contribution >= 0.6 is 70.6 Å². The Hall–Kier alpha value is 0.360. The maximum atomic E-state index is 5.59. The highest BCUT2D eigenvalue weighted by Gasteiger charge is 2.29. The summed E-state index contributed by atoms with van der Waals surface area (Å²) in [6, 6.07) is 6.40. The summed E-state index contributed by atoms with van der Waals surface area (Å²) >= 11 is 12.0. The topological polar surface area (TPSA) is 0 Å². The minimum absolute atomic E-state index is 0.976. The third-order valence-electron chi connectivity index (χ3n) is 4.68. The van der Waals surface area contributed by atoms with Crippen LogP contribution < -0.4 is 0 Å². The number of hydrogen-bond acceptors (Lipinski definition) is 6. The first kappa shape index (κ1) is 25.0. The quantitative estimate of drug-likeness (QED) is 0.201. The highest BCUT2D eigenvalue weighted by Crippen LogP contribution is 2.64. The van der Waals surface area contributed by atoms with E-state index in [2.05, 4.69) is 61.5 Å². The predicted molar refractivity (Wildman–Crippen MR) is 149 cm³/mol. The molecule has 6 heteroatoms. The Balaban J connectivity index is 1.62. The number of rotatable bonds is 12. The predicted octanol–water partition coefficient (Wildman–Crippen LogP) is 10.2. The Kier molecular flexibility index (Phi) is 11.5. The molecule has 2 aliphatic heterocycles. The molecule has 0 saturated heterocycles. The first-order valence-corrected chi connectivity index (χ1v) is 16.0. The Morgan fingerprint density at radius 2 is 1.30 bits per heavy atom. The van der Waals surface area contributed by atoms with E-state index >= 15 is 0 Å². The van der Waals surface area contributed by atoms with Crippen molar-refractivity contribution in [2.24, 2.45) is 0 Å². The second-order valence-corrected chi connectivity index (χ2v) is 14.6. The fourth-order valence-corrected chi connectivity index (χ4v) is 11.8. The maximum absolute atomic E-state index is 5.59. The molecule has 0 bridgehead atoms. The summed E-state index contributed by atoms with van der Waals surface area (Å²) in [5, 5.41) is 0. The Bertz CT molecular complexity index is 789. The normalized spacial score (nSPS) is 15.8. The minimum Gasteiger partial charge on any atom is -0.117 e. The first-order valence-electron chi connectivity index (χ1n) is 10.8. The number of thioether (sulfide) groups is 6. The van der Waals surface area contributed by atoms with E-state index in [0.717, 1.165) is 5.56 Å². The Morgan fingerprint density at radius 1 is 0.733 bits per heavy atom. The van der Waals surface area contributed by atoms with E-state index in [4.69, 9.17) is 6.42 Å². The first-order chi connectivity index (χ1) is 14.7. The summed E-state index contributed by atoms with van der Waals surface area (Å²) in [5.41, 5.74) is 0.976. The molecule has 1 aromatic carbocycles. The molecule has 0 unspecified atom stereocenters. The van der Waals surface area contributed by atoms with Gasteiger partial charge in [0.05, 0.1) is 16.9 Å². The van der Waals surface area contributed by atoms with Crippen LogP contribution in [0.3, 0.4) is 0 Å². The molecule has 1 aromatic rings. The van der Waals surface area contributed by atoms with Gasteiger partial charge in [-0.05, 0) is 42.5 Å². The van der Waals surface area contributed by atoms with E-state index in [1.165, 1.54) is 81.1 Å². The molecule has 0 aromatic heterocycles. The van der Waals surface area contributed by atoms with E-state index in [9.17, 15) is 0 Å². The molecule has 30 heavy (non-hydrogen) atoms. The molecule has 162 valence electrons. The summed E-state index contributed by atoms with van der Waals surface area (Å²) in [4.78, 5) is 2.66. The van der Waals surface area contributed by atoms with Gasteiger partial charge in [0.25, 0.3) is 0 Å². The lowest BCUT2D eigenvalue weighted by atomic mass is 10.2. The van der Waals surface area contributed by atoms with Gasteiger partial charge >= 0.3 is 0 Å². The lowest BCUT2D eigenvalue weighted by molar-refractivity contribution is 0.707. The van der Waals surface area contributed by atoms with Crippen LogP contribution in [-0.4, -0.2) is 11.5 Å². The average Bonchev–Trinajstić information content (AvgIpc) is 3.37. The summed E-state index contributed by atoms with van der Waals surface area (Å²) in [5.74, 6) is 5.26. The standard InChI is InChI=1S/C24H30S6/c1-4-7-9-11-15-25-21-22(26-16-12-10-8-5-2)30-24(29-21)23-27-19-14-13-18(6-3)17-20(19)28-23/h3,13-14,17H,4-5,7-12,15-16H2,1-2H3. The van der Waals surface area contributed by atoms with Crippen LogP contribution in [0.1, 0.15) is 70.8 Å². The zero-order valence-corrected chi connectivity index (χ0v) is 22.7. The summed E-state index contributed by atoms with van der Waals surface area (Å²) in [6.07, 6.45) is 16.3. The van der Waals surface area contributed by atoms with Crippen molar-refractivity contribution in [1.82, 2.24) is 0 Å². The molecule has 0 fully saturated rings. The van der Waals surface area contributed by atoms with Gasteiger partial charge in [-0.15, -0.1) is 29.9 Å². The third kappa shape index (κ3) is 7.46. The second kappa shape index (κ2) is 13.8. The number of hydrogen-bond donors (Lipinski definition) is 0. The van der Waals surface area contributed by atoms with Crippen molar-refractivity contribution < 1.29 is 0 Å². The number of benzene rings is 1. The third-order valence-corrected chi connectivity index (χ3v) is 13.4. The fraction of sp³-hybridized carbons (Fsp3) is 0.500. The lowest BCUT2D eigenvalue weighted by Gasteiger charge is -2.05. The van der Waals surface area contributed by atoms with Crippen LogP contribution in [0.5, 0.6) is 0 Å². The van der Waals surface area contributed by atoms with Crippen LogP contribution in [0.25, 0.3) is 0 Å². The molecule has 2 aliphatic rings. The van der Waals surface area contributed by atoms with Crippen molar-refractivity contribution in [2.75, 3.05) is 11.5 Å². The molecule has 0 N–H and O–H groups in total. The van der Waals surface area contributed by atoms with Crippen LogP contribution in [0.15, 0.2) is 44.9 Å². The summed E-state index contributed by atoms with van der Waals surface area (Å²) in [6.45, 7) is 4.57. The highest BCUT2D eigenvalue weighted by molar-refractivity contribution is 8.42. The van der Waals surface area contributed by atoms with E-state index < -0.39 is 0 Å². The molecule has 0 nitrogen and oxygen atoms in total. The van der Waals surface area contributed by atoms with Gasteiger partial charge in [-0.1, -0.05) is 105 Å². The molecule has 0 spiro atoms. The molecule has 0 aliphatic carbocycles. The summed E-state index contributed by atoms with van der Waals surface area (Å²) < 4.78 is 5.98. The largest absolute Gasteiger partial charge is 0.117 e. The molecular weight excluding hydrogens is 481 g/mol. The van der Waals surface area contributed by atoms with Gasteiger partial charge in [-0.3, -0.25) is 0 Å². The number of fused-ring (bicyclic) bond motifs is 1. The van der Waals surface area contributed by atoms with Gasteiger partial charge in [-0.25, -0.2) is 0 Å². The molecule has 0 amide bonds. The zero-order valence-electron chi connectivity index (χ0n) is 17.8. The van der Waals surface area contributed by atoms with Crippen molar-refractivity contribution >= 4 is 70.6 Å². The monoisotopic (exact) mass is 510 g/mol. The van der Waals surface area contributed by atoms with Crippen molar-refractivity contribution in [3.8, 4) is 12.3 Å². The molecule has 0 radical (unpaired) electrons. The summed E-state index contributed by atoms with van der Waals surface area (Å²) in [7, 11) is 0. The van der Waals surface area contributed by atoms with Gasteiger partial charge in [0.1, 0.15) is 0 Å². The van der Waals surface area contributed by atoms with Gasteiger partial charge in [0.15, 0.2) is 0 Å². The van der Waals surface area contributed by atoms with Gasteiger partial charge < -0.3 is 0 Å². The van der Waals surface area contributed by atoms with Gasteiger partial charge in [-0.2, -0.15) is 0 Å². The van der Waals surface area contributed by atoms with Crippen molar-refractivity contribution in [3.05, 3.63) is 40.7 Å². The van der Waals surface area contributed by atoms with E-state index in [0.29, 0.717) is 0 Å². The molecule has 0 saturated carbocycles. The van der Waals surface area contributed by atoms with Crippen LogP contribution in [0.2, 0.25) is 0 Å². The zero-order chi connectivity index (χ0) is 21.2. The number of terminal acetylenes is 1. The van der Waals surface area contributed by atoms with Crippen LogP contribution in [-0.2, 0) is 0 Å². The highest BCUT2D eigenvalue weighted by atomic mass is 32.3. The van der Waals surface area contributed by atoms with E-state index in [-0.39, 0.29) is 0 Å². The number of unbranched alkanes of at least 4 members (excludes halogenated alkanes) is 6. The molecule has 0 atom stereocenters. The van der Waals surface area contributed by atoms with E-state index in [1.54, 1.807) is 8.47 Å². The SMILES string of the molecule is C#Cc1ccc2c(c1)SC(=C1SC(SCCCCCC)=C(SCCCCCC)S1)S2. The Morgan fingerprint density at radius 3 is 1.87 bits per heavy atom. The van der Waals surface area contributed by atoms with Crippen molar-refractivity contribution in [3.63, 3.8) is 0 Å². The molecule has 3 rings (SSSR count). The average molecular weight is 511 g/mol. The second-order valence-electron chi connectivity index (χ2n) is 7.18. The maximum Gasteiger partial charge on any atom is 0.0717 e. The molecule has 2 heterocycles. The Labute approximate surface area is 208 Å². The van der Waals surface area contributed by atoms with Gasteiger partial charge in [0.2, 0.25) is 0 Å². The lowest BCUT2D eigenvalue weighted by Crippen LogP contribution is -1.83. The molecular formula is C24H30S6. The van der Waals surface area contributed by atoms with Crippen molar-refractivity contribution in [1.29, 1.82) is 0 Å². The van der Waals surface area contributed by atoms with Gasteiger partial charge in [0, 0.05) is 15.4 Å². The van der Waals surface area contributed by atoms with Crippen LogP contribution in [0, 0.1) is 12.3 Å². The van der Waals surface area contributed by atoms with Crippen molar-refractivity contribution in [2.45, 2.75) is 75.0 Å².